The molecule has 0 amide bonds. The topological polar surface area (TPSA) is 44.9 Å². The lowest BCUT2D eigenvalue weighted by Crippen LogP contribution is -2.23. The third-order valence-electron chi connectivity index (χ3n) is 3.15. The first-order chi connectivity index (χ1) is 8.80. The lowest BCUT2D eigenvalue weighted by molar-refractivity contribution is 0.310. The van der Waals surface area contributed by atoms with E-state index in [-0.39, 0.29) is 0 Å². The number of nitrogens with zero attached hydrogens (tertiary/aromatic N) is 4. The van der Waals surface area contributed by atoms with E-state index in [1.54, 1.807) is 0 Å². The summed E-state index contributed by atoms with van der Waals surface area (Å²) in [4.78, 5) is 2.09. The van der Waals surface area contributed by atoms with E-state index in [1.807, 2.05) is 16.8 Å². The zero-order valence-electron chi connectivity index (χ0n) is 10.9. The monoisotopic (exact) mass is 242 g/mol. The fourth-order valence-corrected chi connectivity index (χ4v) is 2.15. The highest BCUT2D eigenvalue weighted by molar-refractivity contribution is 5.81. The summed E-state index contributed by atoms with van der Waals surface area (Å²) in [5.41, 5.74) is 2.23. The van der Waals surface area contributed by atoms with Crippen LogP contribution in [0.25, 0.3) is 10.9 Å². The van der Waals surface area contributed by atoms with Gasteiger partial charge in [0, 0.05) is 18.5 Å². The predicted octanol–water partition coefficient (Wildman–Crippen LogP) is 2.40. The van der Waals surface area contributed by atoms with Gasteiger partial charge in [-0.2, -0.15) is 10.4 Å². The largest absolute Gasteiger partial charge is 0.285 e. The van der Waals surface area contributed by atoms with E-state index in [0.29, 0.717) is 6.54 Å². The van der Waals surface area contributed by atoms with Crippen molar-refractivity contribution in [2.45, 2.75) is 26.9 Å². The maximum atomic E-state index is 8.79. The van der Waals surface area contributed by atoms with Crippen LogP contribution in [0.3, 0.4) is 0 Å². The molecule has 2 aromatic rings. The Bertz CT molecular complexity index is 565. The van der Waals surface area contributed by atoms with Gasteiger partial charge in [-0.3, -0.25) is 9.58 Å². The Morgan fingerprint density at radius 1 is 1.33 bits per heavy atom. The van der Waals surface area contributed by atoms with Crippen molar-refractivity contribution in [3.8, 4) is 6.07 Å². The first kappa shape index (κ1) is 12.6. The van der Waals surface area contributed by atoms with Crippen LogP contribution in [0.2, 0.25) is 0 Å². The highest BCUT2D eigenvalue weighted by Crippen LogP contribution is 2.19. The number of aryl methyl sites for hydroxylation is 1. The van der Waals surface area contributed by atoms with Gasteiger partial charge in [0.05, 0.1) is 23.8 Å². The molecule has 0 aliphatic carbocycles. The zero-order chi connectivity index (χ0) is 13.0. The van der Waals surface area contributed by atoms with Crippen LogP contribution in [-0.2, 0) is 13.1 Å². The van der Waals surface area contributed by atoms with E-state index in [9.17, 15) is 0 Å². The quantitative estimate of drug-likeness (QED) is 0.756. The molecule has 94 valence electrons. The van der Waals surface area contributed by atoms with Crippen molar-refractivity contribution in [3.63, 3.8) is 0 Å². The van der Waals surface area contributed by atoms with Gasteiger partial charge in [0.1, 0.15) is 0 Å². The van der Waals surface area contributed by atoms with Crippen molar-refractivity contribution < 1.29 is 0 Å². The summed E-state index contributed by atoms with van der Waals surface area (Å²) in [6.45, 7) is 7.07. The van der Waals surface area contributed by atoms with Crippen LogP contribution >= 0.6 is 0 Å². The van der Waals surface area contributed by atoms with Crippen molar-refractivity contribution in [2.24, 2.45) is 0 Å². The first-order valence-corrected chi connectivity index (χ1v) is 6.33. The van der Waals surface area contributed by atoms with Crippen LogP contribution in [0.15, 0.2) is 24.3 Å². The van der Waals surface area contributed by atoms with Gasteiger partial charge in [0.15, 0.2) is 0 Å². The molecule has 4 nitrogen and oxygen atoms in total. The molecule has 1 heterocycles. The lowest BCUT2D eigenvalue weighted by atomic mass is 10.2. The molecule has 0 radical (unpaired) electrons. The molecule has 0 aliphatic heterocycles. The van der Waals surface area contributed by atoms with Gasteiger partial charge < -0.3 is 0 Å². The number of hydrogen-bond acceptors (Lipinski definition) is 3. The number of para-hydroxylation sites is 1. The Morgan fingerprint density at radius 3 is 2.78 bits per heavy atom. The smallest absolute Gasteiger partial charge is 0.0869 e. The van der Waals surface area contributed by atoms with Gasteiger partial charge in [-0.15, -0.1) is 0 Å². The van der Waals surface area contributed by atoms with Crippen LogP contribution in [0.4, 0.5) is 0 Å². The highest BCUT2D eigenvalue weighted by atomic mass is 15.3. The number of hydrogen-bond donors (Lipinski definition) is 0. The fourth-order valence-electron chi connectivity index (χ4n) is 2.15. The maximum Gasteiger partial charge on any atom is 0.0869 e. The average Bonchev–Trinajstić information content (AvgIpc) is 2.76. The average molecular weight is 242 g/mol. The molecule has 0 bridgehead atoms. The van der Waals surface area contributed by atoms with Crippen molar-refractivity contribution in [1.29, 1.82) is 5.26 Å². The molecule has 0 N–H and O–H groups in total. The molecule has 1 aromatic heterocycles. The Hall–Kier alpha value is -1.86. The van der Waals surface area contributed by atoms with Crippen molar-refractivity contribution in [2.75, 3.05) is 13.1 Å². The number of nitriles is 1. The van der Waals surface area contributed by atoms with E-state index in [2.05, 4.69) is 42.0 Å². The van der Waals surface area contributed by atoms with Gasteiger partial charge >= 0.3 is 0 Å². The van der Waals surface area contributed by atoms with Gasteiger partial charge in [-0.1, -0.05) is 25.1 Å². The Morgan fingerprint density at radius 2 is 2.11 bits per heavy atom. The van der Waals surface area contributed by atoms with E-state index >= 15 is 0 Å². The van der Waals surface area contributed by atoms with E-state index < -0.39 is 0 Å². The van der Waals surface area contributed by atoms with Crippen LogP contribution in [0.5, 0.6) is 0 Å². The Kier molecular flexibility index (Phi) is 3.96. The summed E-state index contributed by atoms with van der Waals surface area (Å²) in [5.74, 6) is 0. The summed E-state index contributed by atoms with van der Waals surface area (Å²) in [7, 11) is 0. The molecule has 0 spiro atoms. The van der Waals surface area contributed by atoms with Crippen LogP contribution in [0, 0.1) is 11.3 Å². The lowest BCUT2D eigenvalue weighted by Gasteiger charge is -2.14. The van der Waals surface area contributed by atoms with Crippen LogP contribution < -0.4 is 0 Å². The third kappa shape index (κ3) is 2.36. The van der Waals surface area contributed by atoms with Gasteiger partial charge in [0.25, 0.3) is 0 Å². The standard InChI is InChI=1S/C14H18N4/c1-3-17(10-9-15)11-13-12-7-5-6-8-14(12)18(4-2)16-13/h5-8H,3-4,10-11H2,1-2H3. The molecule has 0 saturated carbocycles. The molecule has 0 atom stereocenters. The minimum Gasteiger partial charge on any atom is -0.285 e. The van der Waals surface area contributed by atoms with Gasteiger partial charge in [-0.05, 0) is 19.5 Å². The maximum absolute atomic E-state index is 8.79. The molecule has 4 heteroatoms. The molecular weight excluding hydrogens is 224 g/mol. The molecule has 0 aliphatic rings. The molecule has 2 rings (SSSR count). The third-order valence-corrected chi connectivity index (χ3v) is 3.15. The van der Waals surface area contributed by atoms with Gasteiger partial charge in [0.2, 0.25) is 0 Å². The SMILES string of the molecule is CCN(CC#N)Cc1nn(CC)c2ccccc12. The highest BCUT2D eigenvalue weighted by Gasteiger charge is 2.11. The Labute approximate surface area is 107 Å². The normalized spacial score (nSPS) is 11.0. The van der Waals surface area contributed by atoms with E-state index in [0.717, 1.165) is 25.3 Å². The second-order valence-electron chi connectivity index (χ2n) is 4.24. The first-order valence-electron chi connectivity index (χ1n) is 6.33. The second kappa shape index (κ2) is 5.65. The molecule has 0 unspecified atom stereocenters. The molecule has 0 fully saturated rings. The summed E-state index contributed by atoms with van der Waals surface area (Å²) in [5, 5.41) is 14.6. The fraction of sp³-hybridized carbons (Fsp3) is 0.429. The van der Waals surface area contributed by atoms with Gasteiger partial charge in [-0.25, -0.2) is 0 Å². The Balaban J connectivity index is 2.36. The van der Waals surface area contributed by atoms with Crippen molar-refractivity contribution >= 4 is 10.9 Å². The number of rotatable bonds is 5. The summed E-state index contributed by atoms with van der Waals surface area (Å²) < 4.78 is 2.02. The van der Waals surface area contributed by atoms with Crippen LogP contribution in [-0.4, -0.2) is 27.8 Å². The number of benzene rings is 1. The molecule has 18 heavy (non-hydrogen) atoms. The predicted molar refractivity (Wildman–Crippen MR) is 72.0 cm³/mol. The zero-order valence-corrected chi connectivity index (χ0v) is 10.9. The minimum absolute atomic E-state index is 0.448. The minimum atomic E-state index is 0.448. The number of fused-ring (bicyclic) bond motifs is 1. The van der Waals surface area contributed by atoms with E-state index in [4.69, 9.17) is 5.26 Å². The summed E-state index contributed by atoms with van der Waals surface area (Å²) >= 11 is 0. The summed E-state index contributed by atoms with van der Waals surface area (Å²) in [6, 6.07) is 10.5. The second-order valence-corrected chi connectivity index (χ2v) is 4.24. The van der Waals surface area contributed by atoms with E-state index in [1.165, 1.54) is 10.9 Å². The molecule has 1 aromatic carbocycles. The van der Waals surface area contributed by atoms with Crippen molar-refractivity contribution in [3.05, 3.63) is 30.0 Å². The van der Waals surface area contributed by atoms with Crippen LogP contribution in [0.1, 0.15) is 19.5 Å². The molecular formula is C14H18N4. The van der Waals surface area contributed by atoms with Crippen molar-refractivity contribution in [1.82, 2.24) is 14.7 Å². The molecule has 0 saturated heterocycles. The summed E-state index contributed by atoms with van der Waals surface area (Å²) in [6.07, 6.45) is 0. The number of aromatic nitrogens is 2.